The topological polar surface area (TPSA) is 98.2 Å². The molecule has 0 saturated carbocycles. The maximum atomic E-state index is 13.4. The Labute approximate surface area is 129 Å². The molecule has 1 heterocycles. The van der Waals surface area contributed by atoms with Gasteiger partial charge in [0.25, 0.3) is 5.56 Å². The number of anilines is 1. The average Bonchev–Trinajstić information content (AvgIpc) is 2.53. The highest BCUT2D eigenvalue weighted by molar-refractivity contribution is 5.87. The second-order valence-corrected chi connectivity index (χ2v) is 5.07. The lowest BCUT2D eigenvalue weighted by Gasteiger charge is -2.08. The van der Waals surface area contributed by atoms with Crippen molar-refractivity contribution in [1.82, 2.24) is 9.55 Å². The SMILES string of the molecule is Nc1cc2c(=O)n(Cc3ccc(C(=O)O)cc3)cnc2cc1F. The van der Waals surface area contributed by atoms with Gasteiger partial charge in [0, 0.05) is 6.07 Å². The van der Waals surface area contributed by atoms with E-state index in [9.17, 15) is 14.0 Å². The van der Waals surface area contributed by atoms with Gasteiger partial charge in [-0.15, -0.1) is 0 Å². The van der Waals surface area contributed by atoms with Crippen LogP contribution in [0.2, 0.25) is 0 Å². The highest BCUT2D eigenvalue weighted by Gasteiger charge is 2.09. The first-order valence-corrected chi connectivity index (χ1v) is 6.72. The van der Waals surface area contributed by atoms with E-state index in [0.717, 1.165) is 11.6 Å². The number of nitrogens with two attached hydrogens (primary N) is 1. The van der Waals surface area contributed by atoms with Crippen LogP contribution in [-0.2, 0) is 6.54 Å². The Bertz CT molecular complexity index is 965. The van der Waals surface area contributed by atoms with Crippen LogP contribution in [0.3, 0.4) is 0 Å². The summed E-state index contributed by atoms with van der Waals surface area (Å²) in [5.41, 5.74) is 6.19. The maximum absolute atomic E-state index is 13.4. The van der Waals surface area contributed by atoms with Crippen LogP contribution in [0.1, 0.15) is 15.9 Å². The van der Waals surface area contributed by atoms with E-state index >= 15 is 0 Å². The zero-order chi connectivity index (χ0) is 16.6. The average molecular weight is 313 g/mol. The molecule has 2 aromatic carbocycles. The second kappa shape index (κ2) is 5.53. The highest BCUT2D eigenvalue weighted by atomic mass is 19.1. The van der Waals surface area contributed by atoms with Gasteiger partial charge in [0.15, 0.2) is 0 Å². The molecule has 23 heavy (non-hydrogen) atoms. The van der Waals surface area contributed by atoms with Crippen LogP contribution in [-0.4, -0.2) is 20.6 Å². The van der Waals surface area contributed by atoms with Gasteiger partial charge in [-0.2, -0.15) is 0 Å². The van der Waals surface area contributed by atoms with E-state index in [-0.39, 0.29) is 34.3 Å². The highest BCUT2D eigenvalue weighted by Crippen LogP contribution is 2.16. The summed E-state index contributed by atoms with van der Waals surface area (Å²) in [6.45, 7) is 0.221. The van der Waals surface area contributed by atoms with Crippen molar-refractivity contribution in [1.29, 1.82) is 0 Å². The van der Waals surface area contributed by atoms with Crippen molar-refractivity contribution in [2.75, 3.05) is 5.73 Å². The molecule has 116 valence electrons. The summed E-state index contributed by atoms with van der Waals surface area (Å²) in [4.78, 5) is 27.3. The Morgan fingerprint density at radius 3 is 2.61 bits per heavy atom. The molecule has 0 saturated heterocycles. The number of fused-ring (bicyclic) bond motifs is 1. The van der Waals surface area contributed by atoms with Crippen LogP contribution in [0, 0.1) is 5.82 Å². The number of nitrogen functional groups attached to an aromatic ring is 1. The van der Waals surface area contributed by atoms with Crippen LogP contribution >= 0.6 is 0 Å². The number of aromatic nitrogens is 2. The molecule has 0 atom stereocenters. The lowest BCUT2D eigenvalue weighted by Crippen LogP contribution is -2.21. The molecule has 0 aliphatic rings. The molecular weight excluding hydrogens is 301 g/mol. The Morgan fingerprint density at radius 2 is 1.96 bits per heavy atom. The van der Waals surface area contributed by atoms with Crippen molar-refractivity contribution in [2.24, 2.45) is 0 Å². The molecule has 7 heteroatoms. The van der Waals surface area contributed by atoms with Crippen molar-refractivity contribution in [2.45, 2.75) is 6.54 Å². The molecule has 3 aromatic rings. The lowest BCUT2D eigenvalue weighted by atomic mass is 10.1. The first-order chi connectivity index (χ1) is 11.0. The first kappa shape index (κ1) is 14.7. The molecule has 6 nitrogen and oxygen atoms in total. The van der Waals surface area contributed by atoms with Gasteiger partial charge >= 0.3 is 5.97 Å². The van der Waals surface area contributed by atoms with Gasteiger partial charge in [-0.1, -0.05) is 12.1 Å². The van der Waals surface area contributed by atoms with E-state index in [1.807, 2.05) is 0 Å². The van der Waals surface area contributed by atoms with Crippen molar-refractivity contribution in [3.8, 4) is 0 Å². The maximum Gasteiger partial charge on any atom is 0.335 e. The van der Waals surface area contributed by atoms with E-state index in [1.165, 1.54) is 29.1 Å². The summed E-state index contributed by atoms with van der Waals surface area (Å²) in [5.74, 6) is -1.63. The molecule has 1 aromatic heterocycles. The van der Waals surface area contributed by atoms with Crippen LogP contribution in [0.15, 0.2) is 47.5 Å². The van der Waals surface area contributed by atoms with Crippen LogP contribution in [0.25, 0.3) is 10.9 Å². The van der Waals surface area contributed by atoms with Gasteiger partial charge in [-0.3, -0.25) is 9.36 Å². The second-order valence-electron chi connectivity index (χ2n) is 5.07. The van der Waals surface area contributed by atoms with E-state index in [2.05, 4.69) is 4.98 Å². The van der Waals surface area contributed by atoms with Crippen molar-refractivity contribution in [3.05, 3.63) is 70.0 Å². The Hall–Kier alpha value is -3.22. The fourth-order valence-corrected chi connectivity index (χ4v) is 2.26. The number of aromatic carboxylic acids is 1. The minimum absolute atomic E-state index is 0.111. The third-order valence-corrected chi connectivity index (χ3v) is 3.50. The summed E-state index contributed by atoms with van der Waals surface area (Å²) < 4.78 is 14.8. The number of carboxylic acid groups (broad SMARTS) is 1. The standard InChI is InChI=1S/C16H12FN3O3/c17-12-6-14-11(5-13(12)18)15(21)20(8-19-14)7-9-1-3-10(4-2-9)16(22)23/h1-6,8H,7,18H2,(H,22,23). The molecule has 3 N–H and O–H groups in total. The van der Waals surface area contributed by atoms with Crippen molar-refractivity contribution in [3.63, 3.8) is 0 Å². The summed E-state index contributed by atoms with van der Waals surface area (Å²) in [6, 6.07) is 8.56. The Morgan fingerprint density at radius 1 is 1.26 bits per heavy atom. The van der Waals surface area contributed by atoms with Gasteiger partial charge < -0.3 is 10.8 Å². The van der Waals surface area contributed by atoms with E-state index in [1.54, 1.807) is 12.1 Å². The predicted molar refractivity (Wildman–Crippen MR) is 82.9 cm³/mol. The number of hydrogen-bond donors (Lipinski definition) is 2. The molecule has 0 bridgehead atoms. The number of halogens is 1. The monoisotopic (exact) mass is 313 g/mol. The number of carbonyl (C=O) groups is 1. The zero-order valence-corrected chi connectivity index (χ0v) is 11.9. The molecule has 0 aliphatic heterocycles. The number of rotatable bonds is 3. The normalized spacial score (nSPS) is 10.8. The predicted octanol–water partition coefficient (Wildman–Crippen LogP) is 1.86. The Kier molecular flexibility index (Phi) is 3.53. The molecule has 0 fully saturated rings. The molecule has 3 rings (SSSR count). The van der Waals surface area contributed by atoms with Gasteiger partial charge in [-0.05, 0) is 23.8 Å². The Balaban J connectivity index is 2.00. The number of carboxylic acids is 1. The van der Waals surface area contributed by atoms with Gasteiger partial charge in [0.1, 0.15) is 5.82 Å². The van der Waals surface area contributed by atoms with E-state index < -0.39 is 11.8 Å². The quantitative estimate of drug-likeness (QED) is 0.719. The smallest absolute Gasteiger partial charge is 0.335 e. The van der Waals surface area contributed by atoms with Gasteiger partial charge in [-0.25, -0.2) is 14.2 Å². The number of nitrogens with zero attached hydrogens (tertiary/aromatic N) is 2. The van der Waals surface area contributed by atoms with E-state index in [4.69, 9.17) is 10.8 Å². The third kappa shape index (κ3) is 2.76. The minimum atomic E-state index is -1.02. The van der Waals surface area contributed by atoms with E-state index in [0.29, 0.717) is 0 Å². The summed E-state index contributed by atoms with van der Waals surface area (Å²) in [6.07, 6.45) is 1.32. The molecule has 0 unspecified atom stereocenters. The summed E-state index contributed by atoms with van der Waals surface area (Å²) in [5, 5.41) is 9.10. The number of hydrogen-bond acceptors (Lipinski definition) is 4. The largest absolute Gasteiger partial charge is 0.478 e. The minimum Gasteiger partial charge on any atom is -0.478 e. The molecular formula is C16H12FN3O3. The summed E-state index contributed by atoms with van der Waals surface area (Å²) >= 11 is 0. The molecule has 0 radical (unpaired) electrons. The number of benzene rings is 2. The fraction of sp³-hybridized carbons (Fsp3) is 0.0625. The van der Waals surface area contributed by atoms with Crippen molar-refractivity contribution < 1.29 is 14.3 Å². The lowest BCUT2D eigenvalue weighted by molar-refractivity contribution is 0.0697. The zero-order valence-electron chi connectivity index (χ0n) is 11.9. The third-order valence-electron chi connectivity index (χ3n) is 3.50. The first-order valence-electron chi connectivity index (χ1n) is 6.72. The molecule has 0 aliphatic carbocycles. The fourth-order valence-electron chi connectivity index (χ4n) is 2.26. The summed E-state index contributed by atoms with van der Waals surface area (Å²) in [7, 11) is 0. The van der Waals surface area contributed by atoms with Gasteiger partial charge in [0.05, 0.1) is 35.0 Å². The van der Waals surface area contributed by atoms with Crippen LogP contribution in [0.5, 0.6) is 0 Å². The van der Waals surface area contributed by atoms with Crippen LogP contribution in [0.4, 0.5) is 10.1 Å². The molecule has 0 amide bonds. The molecule has 0 spiro atoms. The van der Waals surface area contributed by atoms with Crippen LogP contribution < -0.4 is 11.3 Å². The van der Waals surface area contributed by atoms with Gasteiger partial charge in [0.2, 0.25) is 0 Å². The van der Waals surface area contributed by atoms with Crippen molar-refractivity contribution >= 4 is 22.6 Å².